The number of ether oxygens (including phenoxy) is 2. The van der Waals surface area contributed by atoms with Crippen LogP contribution in [0.2, 0.25) is 0 Å². The molecule has 30 heavy (non-hydrogen) atoms. The van der Waals surface area contributed by atoms with Gasteiger partial charge in [-0.15, -0.1) is 0 Å². The van der Waals surface area contributed by atoms with Crippen LogP contribution in [0.4, 0.5) is 0 Å². The SMILES string of the molecule is COc1ccc(C2CC(=O)NC(N3CCN(Cc4ccccc4)CC3)N2)cc1OC. The van der Waals surface area contributed by atoms with Crippen LogP contribution in [0.15, 0.2) is 48.5 Å². The molecular weight excluding hydrogens is 380 g/mol. The van der Waals surface area contributed by atoms with Crippen LogP contribution < -0.4 is 20.1 Å². The number of piperazine rings is 1. The summed E-state index contributed by atoms with van der Waals surface area (Å²) in [6, 6.07) is 16.3. The molecule has 0 bridgehead atoms. The fourth-order valence-corrected chi connectivity index (χ4v) is 4.19. The van der Waals surface area contributed by atoms with Crippen molar-refractivity contribution >= 4 is 5.91 Å². The summed E-state index contributed by atoms with van der Waals surface area (Å²) in [7, 11) is 3.25. The predicted octanol–water partition coefficient (Wildman–Crippen LogP) is 1.96. The Hall–Kier alpha value is -2.61. The molecule has 2 N–H and O–H groups in total. The van der Waals surface area contributed by atoms with Gasteiger partial charge in [-0.05, 0) is 23.3 Å². The topological polar surface area (TPSA) is 66.1 Å². The third-order valence-electron chi connectivity index (χ3n) is 5.88. The monoisotopic (exact) mass is 410 g/mol. The maximum atomic E-state index is 12.4. The molecule has 2 heterocycles. The fraction of sp³-hybridized carbons (Fsp3) is 0.435. The number of benzene rings is 2. The largest absolute Gasteiger partial charge is 0.493 e. The van der Waals surface area contributed by atoms with E-state index in [1.54, 1.807) is 14.2 Å². The summed E-state index contributed by atoms with van der Waals surface area (Å²) in [4.78, 5) is 17.2. The summed E-state index contributed by atoms with van der Waals surface area (Å²) >= 11 is 0. The molecule has 7 heteroatoms. The summed E-state index contributed by atoms with van der Waals surface area (Å²) in [5.41, 5.74) is 2.36. The second kappa shape index (κ2) is 9.47. The van der Waals surface area contributed by atoms with Crippen LogP contribution >= 0.6 is 0 Å². The lowest BCUT2D eigenvalue weighted by Crippen LogP contribution is -2.64. The van der Waals surface area contributed by atoms with Gasteiger partial charge in [0, 0.05) is 45.2 Å². The van der Waals surface area contributed by atoms with E-state index in [-0.39, 0.29) is 18.2 Å². The Labute approximate surface area is 177 Å². The summed E-state index contributed by atoms with van der Waals surface area (Å²) in [6.45, 7) is 4.73. The van der Waals surface area contributed by atoms with Crippen LogP contribution in [0, 0.1) is 0 Å². The fourth-order valence-electron chi connectivity index (χ4n) is 4.19. The maximum Gasteiger partial charge on any atom is 0.224 e. The number of amides is 1. The zero-order valence-electron chi connectivity index (χ0n) is 17.6. The van der Waals surface area contributed by atoms with Crippen LogP contribution in [0.1, 0.15) is 23.6 Å². The first-order valence-electron chi connectivity index (χ1n) is 10.4. The Kier molecular flexibility index (Phi) is 6.52. The first-order valence-corrected chi connectivity index (χ1v) is 10.4. The molecule has 0 aromatic heterocycles. The molecule has 7 nitrogen and oxygen atoms in total. The van der Waals surface area contributed by atoms with Crippen molar-refractivity contribution in [2.75, 3.05) is 40.4 Å². The minimum absolute atomic E-state index is 0.0604. The number of carbonyl (C=O) groups excluding carboxylic acids is 1. The summed E-state index contributed by atoms with van der Waals surface area (Å²) in [5.74, 6) is 1.42. The highest BCUT2D eigenvalue weighted by molar-refractivity contribution is 5.78. The Morgan fingerprint density at radius 1 is 0.967 bits per heavy atom. The van der Waals surface area contributed by atoms with Crippen molar-refractivity contribution in [2.24, 2.45) is 0 Å². The number of hydrogen-bond acceptors (Lipinski definition) is 6. The van der Waals surface area contributed by atoms with Crippen LogP contribution in [0.5, 0.6) is 11.5 Å². The van der Waals surface area contributed by atoms with E-state index < -0.39 is 0 Å². The molecule has 2 fully saturated rings. The minimum Gasteiger partial charge on any atom is -0.493 e. The predicted molar refractivity (Wildman–Crippen MR) is 115 cm³/mol. The van der Waals surface area contributed by atoms with Crippen LogP contribution in [-0.4, -0.2) is 62.4 Å². The minimum atomic E-state index is -0.164. The second-order valence-corrected chi connectivity index (χ2v) is 7.81. The van der Waals surface area contributed by atoms with Crippen molar-refractivity contribution in [2.45, 2.75) is 25.3 Å². The van der Waals surface area contributed by atoms with Gasteiger partial charge in [-0.1, -0.05) is 36.4 Å². The average Bonchev–Trinajstić information content (AvgIpc) is 2.79. The van der Waals surface area contributed by atoms with Gasteiger partial charge in [-0.25, -0.2) is 0 Å². The molecule has 2 aromatic rings. The van der Waals surface area contributed by atoms with Gasteiger partial charge < -0.3 is 14.8 Å². The lowest BCUT2D eigenvalue weighted by Gasteiger charge is -2.43. The molecule has 4 rings (SSSR count). The number of methoxy groups -OCH3 is 2. The molecule has 1 amide bonds. The van der Waals surface area contributed by atoms with Gasteiger partial charge in [0.2, 0.25) is 5.91 Å². The van der Waals surface area contributed by atoms with Crippen molar-refractivity contribution < 1.29 is 14.3 Å². The third-order valence-corrected chi connectivity index (χ3v) is 5.88. The Balaban J connectivity index is 1.38. The van der Waals surface area contributed by atoms with Gasteiger partial charge in [0.25, 0.3) is 0 Å². The highest BCUT2D eigenvalue weighted by Gasteiger charge is 2.32. The van der Waals surface area contributed by atoms with Gasteiger partial charge >= 0.3 is 0 Å². The van der Waals surface area contributed by atoms with E-state index in [9.17, 15) is 4.79 Å². The van der Waals surface area contributed by atoms with Crippen LogP contribution in [-0.2, 0) is 11.3 Å². The van der Waals surface area contributed by atoms with E-state index in [1.807, 2.05) is 24.3 Å². The smallest absolute Gasteiger partial charge is 0.224 e. The van der Waals surface area contributed by atoms with Crippen molar-refractivity contribution in [3.63, 3.8) is 0 Å². The second-order valence-electron chi connectivity index (χ2n) is 7.81. The van der Waals surface area contributed by atoms with E-state index in [1.165, 1.54) is 5.56 Å². The molecule has 2 aliphatic rings. The van der Waals surface area contributed by atoms with Crippen molar-refractivity contribution in [1.82, 2.24) is 20.4 Å². The summed E-state index contributed by atoms with van der Waals surface area (Å²) in [6.07, 6.45) is 0.239. The van der Waals surface area contributed by atoms with E-state index >= 15 is 0 Å². The zero-order chi connectivity index (χ0) is 20.9. The highest BCUT2D eigenvalue weighted by Crippen LogP contribution is 2.32. The lowest BCUT2D eigenvalue weighted by atomic mass is 10.0. The van der Waals surface area contributed by atoms with Crippen molar-refractivity contribution in [3.8, 4) is 11.5 Å². The van der Waals surface area contributed by atoms with E-state index in [0.717, 1.165) is 38.3 Å². The molecule has 0 radical (unpaired) electrons. The molecule has 0 spiro atoms. The summed E-state index contributed by atoms with van der Waals surface area (Å²) < 4.78 is 10.8. The molecule has 2 saturated heterocycles. The average molecular weight is 411 g/mol. The summed E-state index contributed by atoms with van der Waals surface area (Å²) in [5, 5.41) is 6.71. The maximum absolute atomic E-state index is 12.4. The Bertz CT molecular complexity index is 853. The van der Waals surface area contributed by atoms with Gasteiger partial charge in [-0.3, -0.25) is 19.9 Å². The Morgan fingerprint density at radius 2 is 1.70 bits per heavy atom. The van der Waals surface area contributed by atoms with Crippen LogP contribution in [0.25, 0.3) is 0 Å². The molecule has 2 atom stereocenters. The van der Waals surface area contributed by atoms with Gasteiger partial charge in [0.15, 0.2) is 11.5 Å². The van der Waals surface area contributed by atoms with E-state index in [0.29, 0.717) is 17.9 Å². The number of nitrogens with zero attached hydrogens (tertiary/aromatic N) is 2. The lowest BCUT2D eigenvalue weighted by molar-refractivity contribution is -0.127. The van der Waals surface area contributed by atoms with Crippen molar-refractivity contribution in [1.29, 1.82) is 0 Å². The first kappa shape index (κ1) is 20.7. The first-order chi connectivity index (χ1) is 14.7. The number of hydrogen-bond donors (Lipinski definition) is 2. The Morgan fingerprint density at radius 3 is 2.40 bits per heavy atom. The quantitative estimate of drug-likeness (QED) is 0.759. The van der Waals surface area contributed by atoms with Gasteiger partial charge in [0.05, 0.1) is 14.2 Å². The number of carbonyl (C=O) groups is 1. The number of rotatable bonds is 6. The molecule has 2 aliphatic heterocycles. The molecule has 0 saturated carbocycles. The molecule has 0 aliphatic carbocycles. The molecular formula is C23H30N4O3. The molecule has 2 unspecified atom stereocenters. The number of nitrogens with one attached hydrogen (secondary N) is 2. The normalized spacial score (nSPS) is 23.1. The third kappa shape index (κ3) is 4.75. The molecule has 160 valence electrons. The van der Waals surface area contributed by atoms with Gasteiger partial charge in [-0.2, -0.15) is 0 Å². The van der Waals surface area contributed by atoms with E-state index in [2.05, 4.69) is 44.7 Å². The van der Waals surface area contributed by atoms with Crippen molar-refractivity contribution in [3.05, 3.63) is 59.7 Å². The molecule has 2 aromatic carbocycles. The standard InChI is InChI=1S/C23H30N4O3/c1-29-20-9-8-18(14-21(20)30-2)19-15-22(28)25-23(24-19)27-12-10-26(11-13-27)16-17-6-4-3-5-7-17/h3-9,14,19,23-24H,10-13,15-16H2,1-2H3,(H,25,28). The highest BCUT2D eigenvalue weighted by atomic mass is 16.5. The van der Waals surface area contributed by atoms with E-state index in [4.69, 9.17) is 9.47 Å². The van der Waals surface area contributed by atoms with Gasteiger partial charge in [0.1, 0.15) is 6.29 Å². The zero-order valence-corrected chi connectivity index (χ0v) is 17.6. The van der Waals surface area contributed by atoms with Crippen LogP contribution in [0.3, 0.4) is 0 Å².